The van der Waals surface area contributed by atoms with Gasteiger partial charge in [-0.1, -0.05) is 30.3 Å². The first-order chi connectivity index (χ1) is 11.1. The van der Waals surface area contributed by atoms with Crippen molar-refractivity contribution in [1.82, 2.24) is 19.8 Å². The van der Waals surface area contributed by atoms with E-state index >= 15 is 0 Å². The van der Waals surface area contributed by atoms with Gasteiger partial charge in [-0.3, -0.25) is 4.79 Å². The standard InChI is InChI=1S/C17H24N4O2/c1-20(2)9-10-21(12-15-11-18-13-19-15)17(22)16(23-3)14-7-5-4-6-8-14/h4-8,11,13,16H,9-10,12H2,1-3H3,(H,18,19). The number of likely N-dealkylation sites (N-methyl/N-ethyl adjacent to an activating group) is 1. The van der Waals surface area contributed by atoms with Gasteiger partial charge in [-0.05, 0) is 19.7 Å². The number of benzene rings is 1. The van der Waals surface area contributed by atoms with E-state index in [1.165, 1.54) is 0 Å². The molecule has 0 aliphatic heterocycles. The highest BCUT2D eigenvalue weighted by Crippen LogP contribution is 2.20. The van der Waals surface area contributed by atoms with E-state index in [0.29, 0.717) is 13.1 Å². The Balaban J connectivity index is 2.16. The molecule has 0 saturated carbocycles. The molecule has 6 nitrogen and oxygen atoms in total. The zero-order chi connectivity index (χ0) is 16.7. The Kier molecular flexibility index (Phi) is 6.31. The number of aromatic amines is 1. The maximum Gasteiger partial charge on any atom is 0.256 e. The number of amides is 1. The Morgan fingerprint density at radius 1 is 1.26 bits per heavy atom. The molecule has 2 aromatic rings. The van der Waals surface area contributed by atoms with Crippen LogP contribution in [0.3, 0.4) is 0 Å². The fourth-order valence-electron chi connectivity index (χ4n) is 2.34. The molecule has 2 rings (SSSR count). The van der Waals surface area contributed by atoms with Gasteiger partial charge in [-0.15, -0.1) is 0 Å². The highest BCUT2D eigenvalue weighted by molar-refractivity contribution is 5.82. The van der Waals surface area contributed by atoms with Crippen molar-refractivity contribution in [3.05, 3.63) is 54.1 Å². The molecule has 1 aromatic heterocycles. The van der Waals surface area contributed by atoms with Crippen LogP contribution in [-0.2, 0) is 16.1 Å². The fourth-order valence-corrected chi connectivity index (χ4v) is 2.34. The molecule has 124 valence electrons. The molecule has 1 atom stereocenters. The van der Waals surface area contributed by atoms with Crippen molar-refractivity contribution in [2.45, 2.75) is 12.6 Å². The van der Waals surface area contributed by atoms with E-state index in [-0.39, 0.29) is 5.91 Å². The number of hydrogen-bond acceptors (Lipinski definition) is 4. The molecule has 0 bridgehead atoms. The lowest BCUT2D eigenvalue weighted by molar-refractivity contribution is -0.143. The van der Waals surface area contributed by atoms with Crippen molar-refractivity contribution >= 4 is 5.91 Å². The molecule has 0 aliphatic carbocycles. The Morgan fingerprint density at radius 2 is 2.00 bits per heavy atom. The predicted octanol–water partition coefficient (Wildman–Crippen LogP) is 1.69. The number of imidazole rings is 1. The van der Waals surface area contributed by atoms with Crippen LogP contribution in [0.15, 0.2) is 42.9 Å². The third-order valence-corrected chi connectivity index (χ3v) is 3.61. The Hall–Kier alpha value is -2.18. The number of rotatable bonds is 8. The van der Waals surface area contributed by atoms with Crippen molar-refractivity contribution < 1.29 is 9.53 Å². The lowest BCUT2D eigenvalue weighted by atomic mass is 10.1. The van der Waals surface area contributed by atoms with Crippen molar-refractivity contribution in [2.75, 3.05) is 34.3 Å². The predicted molar refractivity (Wildman–Crippen MR) is 88.8 cm³/mol. The van der Waals surface area contributed by atoms with Crippen LogP contribution in [0, 0.1) is 0 Å². The minimum absolute atomic E-state index is 0.0462. The van der Waals surface area contributed by atoms with Gasteiger partial charge in [-0.2, -0.15) is 0 Å². The maximum absolute atomic E-state index is 13.0. The van der Waals surface area contributed by atoms with E-state index in [9.17, 15) is 4.79 Å². The third kappa shape index (κ3) is 4.91. The molecule has 1 unspecified atom stereocenters. The van der Waals surface area contributed by atoms with Gasteiger partial charge in [-0.25, -0.2) is 4.98 Å². The number of nitrogens with one attached hydrogen (secondary N) is 1. The Labute approximate surface area is 137 Å². The molecule has 0 spiro atoms. The summed E-state index contributed by atoms with van der Waals surface area (Å²) in [4.78, 5) is 23.9. The number of aromatic nitrogens is 2. The van der Waals surface area contributed by atoms with Crippen LogP contribution in [0.1, 0.15) is 17.4 Å². The van der Waals surface area contributed by atoms with Gasteiger partial charge < -0.3 is 19.5 Å². The van der Waals surface area contributed by atoms with Gasteiger partial charge in [0.1, 0.15) is 0 Å². The van der Waals surface area contributed by atoms with Gasteiger partial charge in [0, 0.05) is 26.4 Å². The molecule has 0 saturated heterocycles. The highest BCUT2D eigenvalue weighted by Gasteiger charge is 2.26. The topological polar surface area (TPSA) is 61.5 Å². The Bertz CT molecular complexity index is 584. The van der Waals surface area contributed by atoms with E-state index in [4.69, 9.17) is 4.74 Å². The normalized spacial score (nSPS) is 12.3. The highest BCUT2D eigenvalue weighted by atomic mass is 16.5. The summed E-state index contributed by atoms with van der Waals surface area (Å²) in [5.41, 5.74) is 1.76. The average Bonchev–Trinajstić information content (AvgIpc) is 3.06. The fraction of sp³-hybridized carbons (Fsp3) is 0.412. The zero-order valence-electron chi connectivity index (χ0n) is 13.9. The van der Waals surface area contributed by atoms with E-state index in [1.807, 2.05) is 44.4 Å². The summed E-state index contributed by atoms with van der Waals surface area (Å²) in [7, 11) is 5.55. The van der Waals surface area contributed by atoms with Crippen LogP contribution in [0.5, 0.6) is 0 Å². The van der Waals surface area contributed by atoms with E-state index in [0.717, 1.165) is 17.8 Å². The monoisotopic (exact) mass is 316 g/mol. The SMILES string of the molecule is COC(C(=O)N(CCN(C)C)Cc1cnc[nH]1)c1ccccc1. The van der Waals surface area contributed by atoms with Crippen molar-refractivity contribution in [3.63, 3.8) is 0 Å². The van der Waals surface area contributed by atoms with Crippen LogP contribution >= 0.6 is 0 Å². The minimum atomic E-state index is -0.596. The van der Waals surface area contributed by atoms with Crippen LogP contribution in [0.25, 0.3) is 0 Å². The Morgan fingerprint density at radius 3 is 2.57 bits per heavy atom. The number of H-pyrrole nitrogens is 1. The van der Waals surface area contributed by atoms with Gasteiger partial charge in [0.25, 0.3) is 5.91 Å². The number of nitrogens with zero attached hydrogens (tertiary/aromatic N) is 3. The molecular weight excluding hydrogens is 292 g/mol. The van der Waals surface area contributed by atoms with Gasteiger partial charge in [0.2, 0.25) is 0 Å². The van der Waals surface area contributed by atoms with Gasteiger partial charge >= 0.3 is 0 Å². The summed E-state index contributed by atoms with van der Waals surface area (Å²) < 4.78 is 5.47. The van der Waals surface area contributed by atoms with Crippen LogP contribution in [0.2, 0.25) is 0 Å². The van der Waals surface area contributed by atoms with E-state index in [1.54, 1.807) is 24.5 Å². The molecule has 0 radical (unpaired) electrons. The third-order valence-electron chi connectivity index (χ3n) is 3.61. The van der Waals surface area contributed by atoms with Crippen molar-refractivity contribution in [3.8, 4) is 0 Å². The molecule has 6 heteroatoms. The summed E-state index contributed by atoms with van der Waals surface area (Å²) in [5.74, 6) is -0.0462. The second-order valence-electron chi connectivity index (χ2n) is 5.67. The van der Waals surface area contributed by atoms with Crippen molar-refractivity contribution in [1.29, 1.82) is 0 Å². The van der Waals surface area contributed by atoms with Crippen LogP contribution in [0.4, 0.5) is 0 Å². The van der Waals surface area contributed by atoms with Gasteiger partial charge in [0.15, 0.2) is 6.10 Å². The maximum atomic E-state index is 13.0. The quantitative estimate of drug-likeness (QED) is 0.805. The molecule has 1 aromatic carbocycles. The molecule has 0 fully saturated rings. The number of ether oxygens (including phenoxy) is 1. The van der Waals surface area contributed by atoms with Gasteiger partial charge in [0.05, 0.1) is 18.6 Å². The smallest absolute Gasteiger partial charge is 0.256 e. The summed E-state index contributed by atoms with van der Waals surface area (Å²) in [5, 5.41) is 0. The van der Waals surface area contributed by atoms with E-state index in [2.05, 4.69) is 14.9 Å². The lowest BCUT2D eigenvalue weighted by Gasteiger charge is -2.27. The van der Waals surface area contributed by atoms with Crippen molar-refractivity contribution in [2.24, 2.45) is 0 Å². The summed E-state index contributed by atoms with van der Waals surface area (Å²) >= 11 is 0. The molecule has 1 N–H and O–H groups in total. The average molecular weight is 316 g/mol. The van der Waals surface area contributed by atoms with Crippen LogP contribution in [-0.4, -0.2) is 60.0 Å². The number of carbonyl (C=O) groups is 1. The first-order valence-corrected chi connectivity index (χ1v) is 7.60. The minimum Gasteiger partial charge on any atom is -0.367 e. The summed E-state index contributed by atoms with van der Waals surface area (Å²) in [6, 6.07) is 9.56. The molecular formula is C17H24N4O2. The lowest BCUT2D eigenvalue weighted by Crippen LogP contribution is -2.39. The largest absolute Gasteiger partial charge is 0.367 e. The summed E-state index contributed by atoms with van der Waals surface area (Å²) in [6.45, 7) is 1.89. The number of methoxy groups -OCH3 is 1. The molecule has 1 heterocycles. The second-order valence-corrected chi connectivity index (χ2v) is 5.67. The first kappa shape index (κ1) is 17.2. The first-order valence-electron chi connectivity index (χ1n) is 7.60. The molecule has 0 aliphatic rings. The molecule has 23 heavy (non-hydrogen) atoms. The van der Waals surface area contributed by atoms with Crippen LogP contribution < -0.4 is 0 Å². The molecule has 1 amide bonds. The van der Waals surface area contributed by atoms with E-state index < -0.39 is 6.10 Å². The number of hydrogen-bond donors (Lipinski definition) is 1. The summed E-state index contributed by atoms with van der Waals surface area (Å²) in [6.07, 6.45) is 2.76. The zero-order valence-corrected chi connectivity index (χ0v) is 13.9. The number of carbonyl (C=O) groups excluding carboxylic acids is 1. The second kappa shape index (κ2) is 8.45.